The number of hydrazone groups is 2. The van der Waals surface area contributed by atoms with E-state index in [-0.39, 0.29) is 12.2 Å². The number of epoxide rings is 2. The van der Waals surface area contributed by atoms with Gasteiger partial charge in [-0.3, -0.25) is 10.0 Å². The molecule has 0 saturated carbocycles. The van der Waals surface area contributed by atoms with E-state index < -0.39 is 0 Å². The van der Waals surface area contributed by atoms with Crippen LogP contribution in [0.1, 0.15) is 23.6 Å². The van der Waals surface area contributed by atoms with Gasteiger partial charge in [-0.15, -0.1) is 0 Å². The highest BCUT2D eigenvalue weighted by Gasteiger charge is 2.26. The van der Waals surface area contributed by atoms with Gasteiger partial charge in [0.15, 0.2) is 0 Å². The van der Waals surface area contributed by atoms with Crippen LogP contribution in [0.5, 0.6) is 0 Å². The lowest BCUT2D eigenvalue weighted by Gasteiger charge is -2.18. The molecule has 4 aromatic carbocycles. The molecule has 2 fully saturated rings. The lowest BCUT2D eigenvalue weighted by atomic mass is 10.1. The van der Waals surface area contributed by atoms with Crippen LogP contribution in [0.15, 0.2) is 101 Å². The molecule has 2 atom stereocenters. The maximum atomic E-state index is 5.51. The monoisotopic (exact) mass is 557 g/mol. The Balaban J connectivity index is 1.21. The summed E-state index contributed by atoms with van der Waals surface area (Å²) in [5.41, 5.74) is 7.92. The van der Waals surface area contributed by atoms with Crippen molar-refractivity contribution in [3.05, 3.63) is 108 Å². The Labute approximate surface area is 246 Å². The van der Waals surface area contributed by atoms with Gasteiger partial charge in [-0.2, -0.15) is 10.2 Å². The molecule has 7 rings (SSSR count). The van der Waals surface area contributed by atoms with Crippen molar-refractivity contribution < 1.29 is 9.47 Å². The molecular weight excluding hydrogens is 522 g/mol. The molecule has 2 saturated heterocycles. The molecule has 3 heterocycles. The average molecular weight is 558 g/mol. The van der Waals surface area contributed by atoms with Gasteiger partial charge in [-0.05, 0) is 73.5 Å². The van der Waals surface area contributed by atoms with Gasteiger partial charge < -0.3 is 14.0 Å². The van der Waals surface area contributed by atoms with Crippen LogP contribution in [0.3, 0.4) is 0 Å². The number of anilines is 2. The molecule has 42 heavy (non-hydrogen) atoms. The predicted octanol–water partition coefficient (Wildman–Crippen LogP) is 6.60. The fourth-order valence-corrected chi connectivity index (χ4v) is 5.40. The SMILES string of the molecule is CCn1c2ccc(/C=N/N(CC3CO3)c3ccccc3)cc2c2cc(/C=N/N(CC3CO3)c3ccc(C)cc3)ccc21. The molecule has 0 bridgehead atoms. The number of fused-ring (bicyclic) bond motifs is 3. The summed E-state index contributed by atoms with van der Waals surface area (Å²) >= 11 is 0. The highest BCUT2D eigenvalue weighted by atomic mass is 16.6. The second kappa shape index (κ2) is 11.4. The number of ether oxygens (including phenoxy) is 2. The van der Waals surface area contributed by atoms with Crippen molar-refractivity contribution >= 4 is 45.6 Å². The minimum absolute atomic E-state index is 0.239. The zero-order valence-electron chi connectivity index (χ0n) is 24.1. The molecule has 212 valence electrons. The molecular formula is C35H35N5O2. The third-order valence-electron chi connectivity index (χ3n) is 7.87. The lowest BCUT2D eigenvalue weighted by molar-refractivity contribution is 0.408. The van der Waals surface area contributed by atoms with Crippen LogP contribution in [0.4, 0.5) is 11.4 Å². The van der Waals surface area contributed by atoms with Gasteiger partial charge in [0.25, 0.3) is 0 Å². The van der Waals surface area contributed by atoms with Crippen molar-refractivity contribution in [1.29, 1.82) is 0 Å². The largest absolute Gasteiger partial charge is 0.371 e. The van der Waals surface area contributed by atoms with Gasteiger partial charge in [0.2, 0.25) is 0 Å². The smallest absolute Gasteiger partial charge is 0.101 e. The number of hydrogen-bond donors (Lipinski definition) is 0. The van der Waals surface area contributed by atoms with E-state index in [4.69, 9.17) is 19.7 Å². The first-order chi connectivity index (χ1) is 20.6. The number of hydrogen-bond acceptors (Lipinski definition) is 6. The van der Waals surface area contributed by atoms with Crippen molar-refractivity contribution in [2.45, 2.75) is 32.6 Å². The van der Waals surface area contributed by atoms with E-state index in [9.17, 15) is 0 Å². The van der Waals surface area contributed by atoms with Gasteiger partial charge in [-0.25, -0.2) is 0 Å². The Bertz CT molecular complexity index is 1750. The van der Waals surface area contributed by atoms with E-state index >= 15 is 0 Å². The van der Waals surface area contributed by atoms with Crippen LogP contribution in [-0.4, -0.2) is 55.5 Å². The van der Waals surface area contributed by atoms with Crippen LogP contribution in [0.2, 0.25) is 0 Å². The quantitative estimate of drug-likeness (QED) is 0.104. The van der Waals surface area contributed by atoms with E-state index in [0.29, 0.717) is 0 Å². The molecule has 1 aromatic heterocycles. The molecule has 0 spiro atoms. The normalized spacial score (nSPS) is 18.0. The summed E-state index contributed by atoms with van der Waals surface area (Å²) in [5.74, 6) is 0. The third-order valence-corrected chi connectivity index (χ3v) is 7.87. The van der Waals surface area contributed by atoms with Crippen molar-refractivity contribution in [3.63, 3.8) is 0 Å². The Hall–Kier alpha value is -4.46. The number of aromatic nitrogens is 1. The molecule has 2 unspecified atom stereocenters. The maximum absolute atomic E-state index is 5.51. The van der Waals surface area contributed by atoms with Crippen LogP contribution >= 0.6 is 0 Å². The average Bonchev–Trinajstić information content (AvgIpc) is 3.97. The number of para-hydroxylation sites is 1. The highest BCUT2D eigenvalue weighted by molar-refractivity contribution is 6.11. The summed E-state index contributed by atoms with van der Waals surface area (Å²) in [5, 5.41) is 16.3. The first-order valence-corrected chi connectivity index (χ1v) is 14.7. The summed E-state index contributed by atoms with van der Waals surface area (Å²) in [6.07, 6.45) is 4.39. The molecule has 7 heteroatoms. The third kappa shape index (κ3) is 5.79. The van der Waals surface area contributed by atoms with E-state index in [2.05, 4.69) is 91.2 Å². The van der Waals surface area contributed by atoms with Gasteiger partial charge in [0.05, 0.1) is 50.1 Å². The van der Waals surface area contributed by atoms with Crippen molar-refractivity contribution in [1.82, 2.24) is 4.57 Å². The van der Waals surface area contributed by atoms with E-state index in [0.717, 1.165) is 55.3 Å². The molecule has 2 aliphatic rings. The predicted molar refractivity (Wildman–Crippen MR) is 172 cm³/mol. The summed E-state index contributed by atoms with van der Waals surface area (Å²) < 4.78 is 13.4. The second-order valence-electron chi connectivity index (χ2n) is 11.0. The number of benzene rings is 4. The van der Waals surface area contributed by atoms with E-state index in [1.165, 1.54) is 27.4 Å². The number of rotatable bonds is 11. The molecule has 5 aromatic rings. The fourth-order valence-electron chi connectivity index (χ4n) is 5.40. The molecule has 2 aliphatic heterocycles. The standard InChI is InChI=1S/C35H35N5O2/c1-3-38-34-15-11-26(19-36-39(21-30-23-41-30)28-7-5-4-6-8-28)17-32(34)33-18-27(12-16-35(33)38)20-37-40(22-31-24-42-31)29-13-9-25(2)10-14-29/h4-20,30-31H,3,21-24H2,1-2H3/b36-19+,37-20+. The van der Waals surface area contributed by atoms with Gasteiger partial charge >= 0.3 is 0 Å². The molecule has 0 radical (unpaired) electrons. The van der Waals surface area contributed by atoms with Crippen LogP contribution in [0, 0.1) is 6.92 Å². The van der Waals surface area contributed by atoms with E-state index in [1.54, 1.807) is 0 Å². The summed E-state index contributed by atoms with van der Waals surface area (Å²) in [7, 11) is 0. The van der Waals surface area contributed by atoms with Crippen molar-refractivity contribution in [3.8, 4) is 0 Å². The Morgan fingerprint density at radius 1 is 0.714 bits per heavy atom. The summed E-state index contributed by atoms with van der Waals surface area (Å²) in [6.45, 7) is 8.27. The minimum atomic E-state index is 0.239. The topological polar surface area (TPSA) is 61.2 Å². The lowest BCUT2D eigenvalue weighted by Crippen LogP contribution is -2.22. The van der Waals surface area contributed by atoms with E-state index in [1.807, 2.05) is 40.6 Å². The maximum Gasteiger partial charge on any atom is 0.101 e. The summed E-state index contributed by atoms with van der Waals surface area (Å²) in [6, 6.07) is 32.0. The number of nitrogens with zero attached hydrogens (tertiary/aromatic N) is 5. The van der Waals surface area contributed by atoms with Crippen molar-refractivity contribution in [2.75, 3.05) is 36.3 Å². The Kier molecular flexibility index (Phi) is 7.20. The van der Waals surface area contributed by atoms with Crippen LogP contribution in [-0.2, 0) is 16.0 Å². The molecule has 7 nitrogen and oxygen atoms in total. The minimum Gasteiger partial charge on any atom is -0.371 e. The van der Waals surface area contributed by atoms with Crippen LogP contribution < -0.4 is 10.0 Å². The zero-order chi connectivity index (χ0) is 28.5. The Morgan fingerprint density at radius 2 is 1.21 bits per heavy atom. The Morgan fingerprint density at radius 3 is 1.69 bits per heavy atom. The van der Waals surface area contributed by atoms with Gasteiger partial charge in [0, 0.05) is 28.4 Å². The fraction of sp³-hybridized carbons (Fsp3) is 0.257. The molecule has 0 aliphatic carbocycles. The first-order valence-electron chi connectivity index (χ1n) is 14.7. The van der Waals surface area contributed by atoms with Crippen LogP contribution in [0.25, 0.3) is 21.8 Å². The van der Waals surface area contributed by atoms with Gasteiger partial charge in [0.1, 0.15) is 12.2 Å². The van der Waals surface area contributed by atoms with Crippen molar-refractivity contribution in [2.24, 2.45) is 10.2 Å². The number of aryl methyl sites for hydroxylation is 2. The molecule has 0 amide bonds. The molecule has 0 N–H and O–H groups in total. The highest BCUT2D eigenvalue weighted by Crippen LogP contribution is 2.31. The second-order valence-corrected chi connectivity index (χ2v) is 11.0. The summed E-state index contributed by atoms with van der Waals surface area (Å²) in [4.78, 5) is 0. The van der Waals surface area contributed by atoms with Gasteiger partial charge in [-0.1, -0.05) is 48.0 Å². The first kappa shape index (κ1) is 26.4. The zero-order valence-corrected chi connectivity index (χ0v) is 24.1.